The van der Waals surface area contributed by atoms with Gasteiger partial charge in [-0.3, -0.25) is 0 Å². The predicted molar refractivity (Wildman–Crippen MR) is 37.4 cm³/mol. The topological polar surface area (TPSA) is 79.1 Å². The van der Waals surface area contributed by atoms with Crippen molar-refractivity contribution in [3.63, 3.8) is 0 Å². The number of aromatic nitrogens is 3. The van der Waals surface area contributed by atoms with Crippen molar-refractivity contribution < 1.29 is 10.0 Å². The summed E-state index contributed by atoms with van der Waals surface area (Å²) in [6, 6.07) is 0. The molecule has 7 heteroatoms. The van der Waals surface area contributed by atoms with E-state index < -0.39 is 7.12 Å². The highest BCUT2D eigenvalue weighted by Crippen LogP contribution is 1.93. The third-order valence-electron chi connectivity index (χ3n) is 0.792. The second-order valence-corrected chi connectivity index (χ2v) is 2.20. The van der Waals surface area contributed by atoms with Crippen LogP contribution in [0.5, 0.6) is 0 Å². The summed E-state index contributed by atoms with van der Waals surface area (Å²) in [5.41, 5.74) is -0.0677. The van der Waals surface area contributed by atoms with Crippen molar-refractivity contribution in [1.82, 2.24) is 15.0 Å². The maximum absolute atomic E-state index is 8.53. The monoisotopic (exact) mass is 203 g/mol. The van der Waals surface area contributed by atoms with Gasteiger partial charge < -0.3 is 10.0 Å². The molecular formula is C3H3BBrN3O2. The Morgan fingerprint density at radius 3 is 2.50 bits per heavy atom. The van der Waals surface area contributed by atoms with Gasteiger partial charge in [-0.25, -0.2) is 15.0 Å². The fourth-order valence-electron chi connectivity index (χ4n) is 0.412. The highest BCUT2D eigenvalue weighted by molar-refractivity contribution is 9.10. The lowest BCUT2D eigenvalue weighted by atomic mass is 9.91. The van der Waals surface area contributed by atoms with Crippen molar-refractivity contribution in [2.75, 3.05) is 0 Å². The molecule has 0 aliphatic carbocycles. The second kappa shape index (κ2) is 3.04. The van der Waals surface area contributed by atoms with Crippen molar-refractivity contribution in [3.05, 3.63) is 11.1 Å². The van der Waals surface area contributed by atoms with Crippen LogP contribution >= 0.6 is 15.9 Å². The van der Waals surface area contributed by atoms with Crippen molar-refractivity contribution in [2.24, 2.45) is 0 Å². The number of rotatable bonds is 1. The quantitative estimate of drug-likeness (QED) is 0.533. The van der Waals surface area contributed by atoms with Gasteiger partial charge in [-0.2, -0.15) is 0 Å². The molecule has 5 nitrogen and oxygen atoms in total. The molecule has 0 aliphatic rings. The van der Waals surface area contributed by atoms with Gasteiger partial charge >= 0.3 is 7.12 Å². The molecule has 0 atom stereocenters. The first-order valence-electron chi connectivity index (χ1n) is 2.40. The number of halogens is 1. The standard InChI is InChI=1S/C3H3BBrN3O2/c5-3-7-1-6-2(8-3)4(9)10/h1,9-10H. The molecule has 1 heterocycles. The highest BCUT2D eigenvalue weighted by atomic mass is 79.9. The van der Waals surface area contributed by atoms with Gasteiger partial charge in [0.1, 0.15) is 6.33 Å². The van der Waals surface area contributed by atoms with E-state index in [1.54, 1.807) is 0 Å². The molecule has 0 radical (unpaired) electrons. The van der Waals surface area contributed by atoms with Crippen LogP contribution in [0.25, 0.3) is 0 Å². The zero-order chi connectivity index (χ0) is 7.56. The Bertz CT molecular complexity index is 233. The molecule has 0 fully saturated rings. The summed E-state index contributed by atoms with van der Waals surface area (Å²) >= 11 is 2.95. The van der Waals surface area contributed by atoms with Gasteiger partial charge in [-0.1, -0.05) is 0 Å². The Balaban J connectivity index is 2.96. The Morgan fingerprint density at radius 1 is 1.40 bits per heavy atom. The summed E-state index contributed by atoms with van der Waals surface area (Å²) in [5.74, 6) is 0. The van der Waals surface area contributed by atoms with Gasteiger partial charge in [0.15, 0.2) is 10.5 Å². The van der Waals surface area contributed by atoms with Gasteiger partial charge in [0, 0.05) is 0 Å². The zero-order valence-corrected chi connectivity index (χ0v) is 6.35. The molecule has 1 aromatic rings. The third kappa shape index (κ3) is 1.73. The largest absolute Gasteiger partial charge is 0.528 e. The molecular weight excluding hydrogens is 201 g/mol. The van der Waals surface area contributed by atoms with Crippen LogP contribution < -0.4 is 5.72 Å². The maximum atomic E-state index is 8.53. The minimum atomic E-state index is -1.64. The van der Waals surface area contributed by atoms with E-state index in [0.29, 0.717) is 0 Å². The van der Waals surface area contributed by atoms with Gasteiger partial charge in [-0.05, 0) is 15.9 Å². The molecule has 10 heavy (non-hydrogen) atoms. The number of hydrogen-bond acceptors (Lipinski definition) is 5. The average molecular weight is 204 g/mol. The molecule has 0 bridgehead atoms. The molecule has 2 N–H and O–H groups in total. The summed E-state index contributed by atoms with van der Waals surface area (Å²) in [6.07, 6.45) is 1.19. The molecule has 0 amide bonds. The lowest BCUT2D eigenvalue weighted by molar-refractivity contribution is 0.422. The van der Waals surface area contributed by atoms with Crippen molar-refractivity contribution >= 4 is 28.8 Å². The van der Waals surface area contributed by atoms with Crippen LogP contribution in [-0.4, -0.2) is 32.1 Å². The first-order valence-corrected chi connectivity index (χ1v) is 3.20. The summed E-state index contributed by atoms with van der Waals surface area (Å²) < 4.78 is 0.283. The Labute approximate surface area is 65.4 Å². The first-order chi connectivity index (χ1) is 4.70. The van der Waals surface area contributed by atoms with Crippen molar-refractivity contribution in [1.29, 1.82) is 0 Å². The Morgan fingerprint density at radius 2 is 2.10 bits per heavy atom. The van der Waals surface area contributed by atoms with Crippen LogP contribution in [0.15, 0.2) is 11.1 Å². The molecule has 52 valence electrons. The molecule has 0 aromatic carbocycles. The normalized spacial score (nSPS) is 9.50. The number of nitrogens with zero attached hydrogens (tertiary/aromatic N) is 3. The molecule has 0 aliphatic heterocycles. The van der Waals surface area contributed by atoms with Gasteiger partial charge in [-0.15, -0.1) is 0 Å². The van der Waals surface area contributed by atoms with Crippen LogP contribution in [0.4, 0.5) is 0 Å². The molecule has 1 rings (SSSR count). The minimum Gasteiger partial charge on any atom is -0.421 e. The van der Waals surface area contributed by atoms with Crippen molar-refractivity contribution in [2.45, 2.75) is 0 Å². The fraction of sp³-hybridized carbons (Fsp3) is 0. The molecule has 1 aromatic heterocycles. The van der Waals surface area contributed by atoms with Crippen LogP contribution in [0.2, 0.25) is 0 Å². The summed E-state index contributed by atoms with van der Waals surface area (Å²) in [5, 5.41) is 17.1. The fourth-order valence-corrected chi connectivity index (χ4v) is 0.686. The second-order valence-electron chi connectivity index (χ2n) is 1.49. The molecule has 0 unspecified atom stereocenters. The minimum absolute atomic E-state index is 0.0677. The lowest BCUT2D eigenvalue weighted by Gasteiger charge is -1.94. The van der Waals surface area contributed by atoms with Gasteiger partial charge in [0.05, 0.1) is 0 Å². The average Bonchev–Trinajstić information content (AvgIpc) is 1.88. The van der Waals surface area contributed by atoms with Crippen LogP contribution in [0.3, 0.4) is 0 Å². The molecule has 0 spiro atoms. The number of hydrogen-bond donors (Lipinski definition) is 2. The van der Waals surface area contributed by atoms with E-state index in [4.69, 9.17) is 10.0 Å². The zero-order valence-electron chi connectivity index (χ0n) is 4.77. The van der Waals surface area contributed by atoms with Crippen LogP contribution in [0.1, 0.15) is 0 Å². The van der Waals surface area contributed by atoms with Crippen LogP contribution in [-0.2, 0) is 0 Å². The van der Waals surface area contributed by atoms with Gasteiger partial charge in [0.2, 0.25) is 0 Å². The van der Waals surface area contributed by atoms with Crippen LogP contribution in [0, 0.1) is 0 Å². The smallest absolute Gasteiger partial charge is 0.421 e. The lowest BCUT2D eigenvalue weighted by Crippen LogP contribution is -2.35. The van der Waals surface area contributed by atoms with E-state index >= 15 is 0 Å². The molecule has 0 saturated carbocycles. The summed E-state index contributed by atoms with van der Waals surface area (Å²) in [7, 11) is -1.64. The molecule has 0 saturated heterocycles. The van der Waals surface area contributed by atoms with E-state index in [-0.39, 0.29) is 10.5 Å². The Kier molecular flexibility index (Phi) is 2.31. The Hall–Kier alpha value is -0.525. The SMILES string of the molecule is OB(O)c1ncnc(Br)n1. The predicted octanol–water partition coefficient (Wildman–Crippen LogP) is -1.69. The van der Waals surface area contributed by atoms with E-state index in [1.807, 2.05) is 0 Å². The highest BCUT2D eigenvalue weighted by Gasteiger charge is 2.14. The van der Waals surface area contributed by atoms with E-state index in [2.05, 4.69) is 30.9 Å². The van der Waals surface area contributed by atoms with E-state index in [9.17, 15) is 0 Å². The van der Waals surface area contributed by atoms with E-state index in [0.717, 1.165) is 0 Å². The van der Waals surface area contributed by atoms with Gasteiger partial charge in [0.25, 0.3) is 0 Å². The summed E-state index contributed by atoms with van der Waals surface area (Å²) in [4.78, 5) is 10.6. The van der Waals surface area contributed by atoms with E-state index in [1.165, 1.54) is 6.33 Å². The maximum Gasteiger partial charge on any atom is 0.528 e. The van der Waals surface area contributed by atoms with Crippen molar-refractivity contribution in [3.8, 4) is 0 Å². The third-order valence-corrected chi connectivity index (χ3v) is 1.17. The summed E-state index contributed by atoms with van der Waals surface area (Å²) in [6.45, 7) is 0. The first kappa shape index (κ1) is 7.58.